The molecule has 0 spiro atoms. The third kappa shape index (κ3) is 2.78. The number of allylic oxidation sites excluding steroid dienone is 1. The Hall–Kier alpha value is -2.66. The monoisotopic (exact) mass is 322 g/mol. The lowest BCUT2D eigenvalue weighted by Gasteiger charge is -2.08. The first kappa shape index (κ1) is 16.2. The Balaban J connectivity index is 2.36. The lowest BCUT2D eigenvalue weighted by atomic mass is 10.0. The van der Waals surface area contributed by atoms with E-state index < -0.39 is 0 Å². The van der Waals surface area contributed by atoms with E-state index in [4.69, 9.17) is 5.73 Å². The minimum absolute atomic E-state index is 0.134. The zero-order valence-corrected chi connectivity index (χ0v) is 14.0. The van der Waals surface area contributed by atoms with Crippen LogP contribution in [0.5, 0.6) is 0 Å². The first-order valence-electron chi connectivity index (χ1n) is 8.10. The average Bonchev–Trinajstić information content (AvgIpc) is 2.89. The molecule has 3 aromatic rings. The predicted molar refractivity (Wildman–Crippen MR) is 98.5 cm³/mol. The summed E-state index contributed by atoms with van der Waals surface area (Å²) in [6, 6.07) is 8.37. The second-order valence-electron chi connectivity index (χ2n) is 5.81. The van der Waals surface area contributed by atoms with E-state index in [0.717, 1.165) is 27.9 Å². The van der Waals surface area contributed by atoms with E-state index in [0.29, 0.717) is 18.8 Å². The number of nitrogens with zero attached hydrogens (tertiary/aromatic N) is 3. The van der Waals surface area contributed by atoms with E-state index in [-0.39, 0.29) is 6.61 Å². The highest BCUT2D eigenvalue weighted by atomic mass is 16.3. The molecule has 2 aromatic heterocycles. The third-order valence-electron chi connectivity index (χ3n) is 4.11. The molecule has 24 heavy (non-hydrogen) atoms. The van der Waals surface area contributed by atoms with Gasteiger partial charge in [0.15, 0.2) is 0 Å². The maximum absolute atomic E-state index is 9.24. The van der Waals surface area contributed by atoms with Crippen LogP contribution in [0.3, 0.4) is 0 Å². The molecule has 5 nitrogen and oxygen atoms in total. The van der Waals surface area contributed by atoms with Gasteiger partial charge in [-0.05, 0) is 31.9 Å². The highest BCUT2D eigenvalue weighted by Crippen LogP contribution is 2.37. The Morgan fingerprint density at radius 1 is 1.21 bits per heavy atom. The number of aromatic nitrogens is 3. The van der Waals surface area contributed by atoms with Gasteiger partial charge in [0.2, 0.25) is 0 Å². The van der Waals surface area contributed by atoms with Crippen LogP contribution in [-0.2, 0) is 6.54 Å². The summed E-state index contributed by atoms with van der Waals surface area (Å²) in [5.41, 5.74) is 11.4. The molecule has 2 heterocycles. The number of hydrogen-bond donors (Lipinski definition) is 2. The summed E-state index contributed by atoms with van der Waals surface area (Å²) in [4.78, 5) is 8.64. The van der Waals surface area contributed by atoms with Gasteiger partial charge in [0, 0.05) is 18.7 Å². The van der Waals surface area contributed by atoms with Crippen LogP contribution in [0, 0.1) is 6.92 Å². The van der Waals surface area contributed by atoms with Gasteiger partial charge in [-0.15, -0.1) is 0 Å². The molecule has 0 aliphatic carbocycles. The topological polar surface area (TPSA) is 77.0 Å². The zero-order valence-electron chi connectivity index (χ0n) is 14.0. The molecule has 0 amide bonds. The molecular formula is C19H22N4O. The molecular weight excluding hydrogens is 300 g/mol. The number of rotatable bonds is 5. The number of fused-ring (bicyclic) bond motifs is 1. The van der Waals surface area contributed by atoms with Crippen molar-refractivity contribution in [3.05, 3.63) is 47.9 Å². The number of hydrogen-bond acceptors (Lipinski definition) is 4. The number of aliphatic hydroxyl groups is 1. The Morgan fingerprint density at radius 3 is 2.62 bits per heavy atom. The van der Waals surface area contributed by atoms with Crippen molar-refractivity contribution < 1.29 is 5.11 Å². The van der Waals surface area contributed by atoms with Crippen molar-refractivity contribution in [3.63, 3.8) is 0 Å². The summed E-state index contributed by atoms with van der Waals surface area (Å²) in [5, 5.41) is 10.1. The molecule has 5 heteroatoms. The highest BCUT2D eigenvalue weighted by Gasteiger charge is 2.20. The quantitative estimate of drug-likeness (QED) is 0.754. The summed E-state index contributed by atoms with van der Waals surface area (Å²) in [7, 11) is 0. The molecule has 0 saturated heterocycles. The fraction of sp³-hybridized carbons (Fsp3) is 0.263. The van der Waals surface area contributed by atoms with Crippen molar-refractivity contribution in [2.45, 2.75) is 26.8 Å². The number of aliphatic hydroxyl groups excluding tert-OH is 1. The normalized spacial score (nSPS) is 11.6. The van der Waals surface area contributed by atoms with Gasteiger partial charge in [-0.1, -0.05) is 35.9 Å². The van der Waals surface area contributed by atoms with E-state index >= 15 is 0 Å². The highest BCUT2D eigenvalue weighted by molar-refractivity contribution is 6.04. The molecule has 0 bridgehead atoms. The summed E-state index contributed by atoms with van der Waals surface area (Å²) in [6.07, 6.45) is 6.22. The Kier molecular flexibility index (Phi) is 4.62. The summed E-state index contributed by atoms with van der Waals surface area (Å²) in [6.45, 7) is 4.87. The van der Waals surface area contributed by atoms with Gasteiger partial charge < -0.3 is 15.4 Å². The van der Waals surface area contributed by atoms with Crippen molar-refractivity contribution in [1.82, 2.24) is 14.5 Å². The Labute approximate surface area is 141 Å². The first-order chi connectivity index (χ1) is 11.7. The Morgan fingerprint density at radius 2 is 1.96 bits per heavy atom. The SMILES string of the molecule is C/C=C/c1c(-c2ccc(C)cc2)c2c(N)ncnc2n1CCCO. The molecule has 0 fully saturated rings. The summed E-state index contributed by atoms with van der Waals surface area (Å²) < 4.78 is 2.11. The van der Waals surface area contributed by atoms with Crippen molar-refractivity contribution in [1.29, 1.82) is 0 Å². The molecule has 0 atom stereocenters. The van der Waals surface area contributed by atoms with Gasteiger partial charge in [-0.25, -0.2) is 9.97 Å². The minimum atomic E-state index is 0.134. The van der Waals surface area contributed by atoms with E-state index in [2.05, 4.69) is 51.8 Å². The van der Waals surface area contributed by atoms with Crippen LogP contribution in [0.15, 0.2) is 36.7 Å². The predicted octanol–water partition coefficient (Wildman–Crippen LogP) is 3.40. The standard InChI is InChI=1S/C19H22N4O/c1-3-5-15-16(14-8-6-13(2)7-9-14)17-18(20)21-12-22-19(17)23(15)10-4-11-24/h3,5-9,12,24H,4,10-11H2,1-2H3,(H2,20,21,22)/b5-3+. The van der Waals surface area contributed by atoms with Crippen LogP contribution < -0.4 is 5.73 Å². The van der Waals surface area contributed by atoms with E-state index in [9.17, 15) is 5.11 Å². The van der Waals surface area contributed by atoms with Crippen molar-refractivity contribution in [2.75, 3.05) is 12.3 Å². The van der Waals surface area contributed by atoms with Crippen molar-refractivity contribution in [3.8, 4) is 11.1 Å². The summed E-state index contributed by atoms with van der Waals surface area (Å²) >= 11 is 0. The molecule has 0 aliphatic heterocycles. The molecule has 3 rings (SSSR count). The molecule has 3 N–H and O–H groups in total. The van der Waals surface area contributed by atoms with Gasteiger partial charge in [-0.3, -0.25) is 0 Å². The van der Waals surface area contributed by atoms with Crippen molar-refractivity contribution >= 4 is 22.9 Å². The third-order valence-corrected chi connectivity index (χ3v) is 4.11. The first-order valence-corrected chi connectivity index (χ1v) is 8.10. The van der Waals surface area contributed by atoms with Crippen LogP contribution >= 0.6 is 0 Å². The summed E-state index contributed by atoms with van der Waals surface area (Å²) in [5.74, 6) is 0.476. The van der Waals surface area contributed by atoms with Crippen molar-refractivity contribution in [2.24, 2.45) is 0 Å². The van der Waals surface area contributed by atoms with Crippen LogP contribution in [0.25, 0.3) is 28.2 Å². The number of anilines is 1. The van der Waals surface area contributed by atoms with Gasteiger partial charge in [0.1, 0.15) is 17.8 Å². The number of nitrogens with two attached hydrogens (primary N) is 1. The van der Waals surface area contributed by atoms with Gasteiger partial charge in [-0.2, -0.15) is 0 Å². The van der Waals surface area contributed by atoms with Crippen LogP contribution in [0.1, 0.15) is 24.6 Å². The van der Waals surface area contributed by atoms with Crippen LogP contribution in [0.2, 0.25) is 0 Å². The fourth-order valence-corrected chi connectivity index (χ4v) is 3.01. The molecule has 0 unspecified atom stereocenters. The number of aryl methyl sites for hydroxylation is 2. The number of nitrogen functional groups attached to an aromatic ring is 1. The molecule has 0 aliphatic rings. The second kappa shape index (κ2) is 6.84. The van der Waals surface area contributed by atoms with Gasteiger partial charge >= 0.3 is 0 Å². The van der Waals surface area contributed by atoms with E-state index in [1.165, 1.54) is 11.9 Å². The maximum Gasteiger partial charge on any atom is 0.146 e. The van der Waals surface area contributed by atoms with Crippen LogP contribution in [-0.4, -0.2) is 26.2 Å². The van der Waals surface area contributed by atoms with Crippen LogP contribution in [0.4, 0.5) is 5.82 Å². The maximum atomic E-state index is 9.24. The average molecular weight is 322 g/mol. The van der Waals surface area contributed by atoms with E-state index in [1.54, 1.807) is 0 Å². The van der Waals surface area contributed by atoms with Gasteiger partial charge in [0.05, 0.1) is 11.1 Å². The number of benzene rings is 1. The molecule has 0 radical (unpaired) electrons. The molecule has 1 aromatic carbocycles. The second-order valence-corrected chi connectivity index (χ2v) is 5.81. The fourth-order valence-electron chi connectivity index (χ4n) is 3.01. The largest absolute Gasteiger partial charge is 0.396 e. The minimum Gasteiger partial charge on any atom is -0.396 e. The lowest BCUT2D eigenvalue weighted by Crippen LogP contribution is -2.03. The lowest BCUT2D eigenvalue weighted by molar-refractivity contribution is 0.280. The smallest absolute Gasteiger partial charge is 0.146 e. The molecule has 0 saturated carbocycles. The van der Waals surface area contributed by atoms with Gasteiger partial charge in [0.25, 0.3) is 0 Å². The Bertz CT molecular complexity index is 879. The molecule has 124 valence electrons. The van der Waals surface area contributed by atoms with E-state index in [1.807, 2.05) is 13.0 Å². The zero-order chi connectivity index (χ0) is 17.1.